The van der Waals surface area contributed by atoms with E-state index in [1.54, 1.807) is 12.1 Å². The van der Waals surface area contributed by atoms with Crippen molar-refractivity contribution in [3.05, 3.63) is 24.3 Å². The van der Waals surface area contributed by atoms with Gasteiger partial charge in [0.05, 0.1) is 4.90 Å². The van der Waals surface area contributed by atoms with E-state index >= 15 is 0 Å². The molecular formula is C12H20N2O3S. The zero-order valence-corrected chi connectivity index (χ0v) is 11.3. The SMILES string of the molecule is CCC(CCO)CNc1ccc(S(N)(=O)=O)cc1. The number of aliphatic hydroxyl groups is 1. The van der Waals surface area contributed by atoms with E-state index in [4.69, 9.17) is 10.2 Å². The molecule has 1 aromatic rings. The number of sulfonamides is 1. The van der Waals surface area contributed by atoms with Crippen LogP contribution in [-0.2, 0) is 10.0 Å². The van der Waals surface area contributed by atoms with Crippen molar-refractivity contribution in [2.45, 2.75) is 24.7 Å². The van der Waals surface area contributed by atoms with Crippen LogP contribution in [0.15, 0.2) is 29.2 Å². The molecule has 0 bridgehead atoms. The summed E-state index contributed by atoms with van der Waals surface area (Å²) in [7, 11) is -3.62. The number of hydrogen-bond donors (Lipinski definition) is 3. The molecule has 1 unspecified atom stereocenters. The second kappa shape index (κ2) is 6.72. The van der Waals surface area contributed by atoms with E-state index in [2.05, 4.69) is 12.2 Å². The molecule has 0 aromatic heterocycles. The number of nitrogens with two attached hydrogens (primary N) is 1. The lowest BCUT2D eigenvalue weighted by Gasteiger charge is -2.15. The van der Waals surface area contributed by atoms with Gasteiger partial charge in [0.15, 0.2) is 0 Å². The van der Waals surface area contributed by atoms with Gasteiger partial charge in [0.1, 0.15) is 0 Å². The Morgan fingerprint density at radius 1 is 1.33 bits per heavy atom. The summed E-state index contributed by atoms with van der Waals surface area (Å²) in [5.41, 5.74) is 0.846. The highest BCUT2D eigenvalue weighted by atomic mass is 32.2. The van der Waals surface area contributed by atoms with Gasteiger partial charge >= 0.3 is 0 Å². The first-order valence-electron chi connectivity index (χ1n) is 5.95. The summed E-state index contributed by atoms with van der Waals surface area (Å²) in [4.78, 5) is 0.107. The fourth-order valence-corrected chi connectivity index (χ4v) is 2.17. The number of benzene rings is 1. The fraction of sp³-hybridized carbons (Fsp3) is 0.500. The van der Waals surface area contributed by atoms with Crippen molar-refractivity contribution < 1.29 is 13.5 Å². The van der Waals surface area contributed by atoms with Gasteiger partial charge < -0.3 is 10.4 Å². The van der Waals surface area contributed by atoms with Crippen LogP contribution < -0.4 is 10.5 Å². The van der Waals surface area contributed by atoms with Gasteiger partial charge in [-0.25, -0.2) is 13.6 Å². The maximum Gasteiger partial charge on any atom is 0.238 e. The number of anilines is 1. The van der Waals surface area contributed by atoms with Crippen LogP contribution in [0.25, 0.3) is 0 Å². The van der Waals surface area contributed by atoms with Gasteiger partial charge in [-0.3, -0.25) is 0 Å². The van der Waals surface area contributed by atoms with E-state index in [9.17, 15) is 8.42 Å². The second-order valence-corrected chi connectivity index (χ2v) is 5.80. The van der Waals surface area contributed by atoms with Crippen molar-refractivity contribution >= 4 is 15.7 Å². The molecule has 0 spiro atoms. The summed E-state index contributed by atoms with van der Waals surface area (Å²) in [5, 5.41) is 17.1. The number of rotatable bonds is 7. The molecule has 4 N–H and O–H groups in total. The van der Waals surface area contributed by atoms with E-state index in [1.807, 2.05) is 0 Å². The fourth-order valence-electron chi connectivity index (χ4n) is 1.66. The highest BCUT2D eigenvalue weighted by Crippen LogP contribution is 2.14. The third kappa shape index (κ3) is 4.64. The lowest BCUT2D eigenvalue weighted by Crippen LogP contribution is -2.15. The number of aliphatic hydroxyl groups excluding tert-OH is 1. The van der Waals surface area contributed by atoms with Crippen LogP contribution in [0.5, 0.6) is 0 Å². The van der Waals surface area contributed by atoms with Crippen molar-refractivity contribution in [2.75, 3.05) is 18.5 Å². The molecule has 0 amide bonds. The Balaban J connectivity index is 2.59. The van der Waals surface area contributed by atoms with Gasteiger partial charge in [0.2, 0.25) is 10.0 Å². The van der Waals surface area contributed by atoms with E-state index < -0.39 is 10.0 Å². The Kier molecular flexibility index (Phi) is 5.58. The summed E-state index contributed by atoms with van der Waals surface area (Å²) in [6, 6.07) is 6.33. The quantitative estimate of drug-likeness (QED) is 0.694. The van der Waals surface area contributed by atoms with Crippen molar-refractivity contribution in [3.8, 4) is 0 Å². The monoisotopic (exact) mass is 272 g/mol. The molecule has 0 aliphatic heterocycles. The summed E-state index contributed by atoms with van der Waals surface area (Å²) >= 11 is 0. The van der Waals surface area contributed by atoms with Crippen molar-refractivity contribution in [3.63, 3.8) is 0 Å². The molecule has 5 nitrogen and oxygen atoms in total. The van der Waals surface area contributed by atoms with Gasteiger partial charge in [-0.05, 0) is 36.6 Å². The minimum absolute atomic E-state index is 0.107. The molecule has 18 heavy (non-hydrogen) atoms. The van der Waals surface area contributed by atoms with Crippen LogP contribution in [0.3, 0.4) is 0 Å². The Bertz CT molecular complexity index is 457. The Morgan fingerprint density at radius 3 is 2.39 bits per heavy atom. The highest BCUT2D eigenvalue weighted by molar-refractivity contribution is 7.89. The number of nitrogens with one attached hydrogen (secondary N) is 1. The molecule has 0 aliphatic carbocycles. The molecule has 0 saturated carbocycles. The summed E-state index contributed by atoms with van der Waals surface area (Å²) in [6.07, 6.45) is 1.75. The van der Waals surface area contributed by atoms with Crippen molar-refractivity contribution in [1.82, 2.24) is 0 Å². The predicted molar refractivity (Wildman–Crippen MR) is 71.8 cm³/mol. The summed E-state index contributed by atoms with van der Waals surface area (Å²) < 4.78 is 22.1. The Labute approximate surface area is 108 Å². The van der Waals surface area contributed by atoms with Crippen molar-refractivity contribution in [1.29, 1.82) is 0 Å². The third-order valence-corrected chi connectivity index (χ3v) is 3.82. The molecular weight excluding hydrogens is 252 g/mol. The zero-order chi connectivity index (χ0) is 13.6. The normalized spacial score (nSPS) is 13.3. The van der Waals surface area contributed by atoms with Gasteiger partial charge in [-0.2, -0.15) is 0 Å². The average molecular weight is 272 g/mol. The van der Waals surface area contributed by atoms with Crippen LogP contribution >= 0.6 is 0 Å². The topological polar surface area (TPSA) is 92.4 Å². The molecule has 0 saturated heterocycles. The summed E-state index contributed by atoms with van der Waals surface area (Å²) in [5.74, 6) is 0.410. The predicted octanol–water partition coefficient (Wildman–Crippen LogP) is 1.15. The molecule has 0 fully saturated rings. The minimum Gasteiger partial charge on any atom is -0.396 e. The van der Waals surface area contributed by atoms with Crippen LogP contribution in [0.2, 0.25) is 0 Å². The highest BCUT2D eigenvalue weighted by Gasteiger charge is 2.08. The first-order valence-corrected chi connectivity index (χ1v) is 7.49. The van der Waals surface area contributed by atoms with E-state index in [1.165, 1.54) is 12.1 Å². The molecule has 1 rings (SSSR count). The molecule has 0 aliphatic rings. The maximum atomic E-state index is 11.1. The number of primary sulfonamides is 1. The van der Waals surface area contributed by atoms with E-state index in [0.717, 1.165) is 25.1 Å². The number of hydrogen-bond acceptors (Lipinski definition) is 4. The van der Waals surface area contributed by atoms with Gasteiger partial charge in [0.25, 0.3) is 0 Å². The van der Waals surface area contributed by atoms with Crippen LogP contribution in [0.1, 0.15) is 19.8 Å². The van der Waals surface area contributed by atoms with Crippen molar-refractivity contribution in [2.24, 2.45) is 11.1 Å². The molecule has 0 heterocycles. The smallest absolute Gasteiger partial charge is 0.238 e. The molecule has 6 heteroatoms. The molecule has 1 atom stereocenters. The second-order valence-electron chi connectivity index (χ2n) is 4.24. The van der Waals surface area contributed by atoms with Crippen LogP contribution in [0, 0.1) is 5.92 Å². The van der Waals surface area contributed by atoms with Gasteiger partial charge in [-0.15, -0.1) is 0 Å². The minimum atomic E-state index is -3.62. The largest absolute Gasteiger partial charge is 0.396 e. The summed E-state index contributed by atoms with van der Waals surface area (Å²) in [6.45, 7) is 3.02. The average Bonchev–Trinajstić information content (AvgIpc) is 2.34. The lowest BCUT2D eigenvalue weighted by atomic mass is 10.0. The third-order valence-electron chi connectivity index (χ3n) is 2.89. The first-order chi connectivity index (χ1) is 8.47. The van der Waals surface area contributed by atoms with Gasteiger partial charge in [-0.1, -0.05) is 13.3 Å². The lowest BCUT2D eigenvalue weighted by molar-refractivity contribution is 0.258. The van der Waals surface area contributed by atoms with E-state index in [0.29, 0.717) is 5.92 Å². The van der Waals surface area contributed by atoms with E-state index in [-0.39, 0.29) is 11.5 Å². The maximum absolute atomic E-state index is 11.1. The standard InChI is InChI=1S/C12H20N2O3S/c1-2-10(7-8-15)9-14-11-3-5-12(6-4-11)18(13,16)17/h3-6,10,14-15H,2,7-9H2,1H3,(H2,13,16,17). The molecule has 0 radical (unpaired) electrons. The first kappa shape index (κ1) is 14.9. The Morgan fingerprint density at radius 2 is 1.94 bits per heavy atom. The van der Waals surface area contributed by atoms with Crippen LogP contribution in [0.4, 0.5) is 5.69 Å². The van der Waals surface area contributed by atoms with Crippen LogP contribution in [-0.4, -0.2) is 26.7 Å². The molecule has 1 aromatic carbocycles. The molecule has 102 valence electrons. The zero-order valence-electron chi connectivity index (χ0n) is 10.5. The van der Waals surface area contributed by atoms with Gasteiger partial charge in [0, 0.05) is 18.8 Å². The Hall–Kier alpha value is -1.11.